The number of Topliss-reactive ketones (excluding diaryl/α,β-unsaturated/α-hetero) is 1. The van der Waals surface area contributed by atoms with E-state index in [2.05, 4.69) is 4.74 Å². The molecular weight excluding hydrogens is 296 g/mol. The molecule has 7 heteroatoms. The molecule has 0 saturated carbocycles. The molecule has 1 aromatic carbocycles. The minimum atomic E-state index is -3.83. The molecule has 0 saturated heterocycles. The lowest BCUT2D eigenvalue weighted by Crippen LogP contribution is -2.21. The Bertz CT molecular complexity index is 428. The fourth-order valence-corrected chi connectivity index (χ4v) is 1.24. The third-order valence-electron chi connectivity index (χ3n) is 1.73. The van der Waals surface area contributed by atoms with Crippen LogP contribution in [-0.4, -0.2) is 17.7 Å². The van der Waals surface area contributed by atoms with Gasteiger partial charge in [0.15, 0.2) is 11.6 Å². The minimum Gasteiger partial charge on any atom is -0.494 e. The summed E-state index contributed by atoms with van der Waals surface area (Å²) in [6.07, 6.45) is 0. The molecule has 0 aliphatic rings. The van der Waals surface area contributed by atoms with Gasteiger partial charge in [-0.15, -0.1) is 0 Å². The molecule has 0 N–H and O–H groups in total. The lowest BCUT2D eigenvalue weighted by Gasteiger charge is -2.09. The number of hydrogen-bond acceptors (Lipinski definition) is 2. The van der Waals surface area contributed by atoms with Crippen LogP contribution in [0.15, 0.2) is 12.1 Å². The molecule has 0 amide bonds. The van der Waals surface area contributed by atoms with Crippen molar-refractivity contribution in [1.29, 1.82) is 0 Å². The van der Waals surface area contributed by atoms with Gasteiger partial charge in [-0.25, -0.2) is 4.39 Å². The average Bonchev–Trinajstić information content (AvgIpc) is 2.19. The van der Waals surface area contributed by atoms with E-state index < -0.39 is 33.6 Å². The van der Waals surface area contributed by atoms with Crippen LogP contribution in [-0.2, 0) is 0 Å². The summed E-state index contributed by atoms with van der Waals surface area (Å²) in [5, 5.41) is 0. The number of hydrogen-bond donors (Lipinski definition) is 0. The highest BCUT2D eigenvalue weighted by Gasteiger charge is 2.36. The van der Waals surface area contributed by atoms with E-state index >= 15 is 0 Å². The van der Waals surface area contributed by atoms with Gasteiger partial charge in [0.05, 0.1) is 7.11 Å². The molecule has 0 aliphatic carbocycles. The highest BCUT2D eigenvalue weighted by molar-refractivity contribution is 9.10. The number of carbonyl (C=O) groups is 1. The van der Waals surface area contributed by atoms with Gasteiger partial charge in [0.25, 0.3) is 0 Å². The van der Waals surface area contributed by atoms with E-state index in [1.165, 1.54) is 0 Å². The molecule has 0 aliphatic heterocycles. The van der Waals surface area contributed by atoms with Crippen molar-refractivity contribution in [3.63, 3.8) is 0 Å². The summed E-state index contributed by atoms with van der Waals surface area (Å²) >= 11 is 1.83. The van der Waals surface area contributed by atoms with Crippen LogP contribution in [0.25, 0.3) is 0 Å². The van der Waals surface area contributed by atoms with Crippen LogP contribution in [0.1, 0.15) is 10.4 Å². The van der Waals surface area contributed by atoms with E-state index in [-0.39, 0.29) is 0 Å². The predicted molar refractivity (Wildman–Crippen MR) is 51.1 cm³/mol. The van der Waals surface area contributed by atoms with Gasteiger partial charge >= 0.3 is 4.83 Å². The second-order valence-electron chi connectivity index (χ2n) is 2.80. The van der Waals surface area contributed by atoms with Crippen LogP contribution in [0.2, 0.25) is 0 Å². The zero-order valence-corrected chi connectivity index (χ0v) is 9.45. The van der Waals surface area contributed by atoms with Gasteiger partial charge in [0, 0.05) is 5.56 Å². The Kier molecular flexibility index (Phi) is 3.57. The number of ether oxygens (including phenoxy) is 1. The molecule has 88 valence electrons. The van der Waals surface area contributed by atoms with E-state index in [9.17, 15) is 22.4 Å². The Balaban J connectivity index is 3.27. The molecule has 0 aromatic heterocycles. The highest BCUT2D eigenvalue weighted by Crippen LogP contribution is 2.30. The molecule has 0 atom stereocenters. The Morgan fingerprint density at radius 2 is 1.94 bits per heavy atom. The molecule has 1 rings (SSSR count). The molecule has 0 fully saturated rings. The average molecular weight is 301 g/mol. The quantitative estimate of drug-likeness (QED) is 0.487. The Labute approximate surface area is 96.3 Å². The molecular formula is C9H5BrF4O2. The zero-order chi connectivity index (χ0) is 12.5. The van der Waals surface area contributed by atoms with Gasteiger partial charge in [-0.05, 0) is 28.1 Å². The fraction of sp³-hybridized carbons (Fsp3) is 0.222. The SMILES string of the molecule is COc1cc(C(=O)C(F)(F)Br)cc(F)c1F. The number of methoxy groups -OCH3 is 1. The first-order valence-electron chi connectivity index (χ1n) is 3.92. The molecule has 0 unspecified atom stereocenters. The van der Waals surface area contributed by atoms with Gasteiger partial charge < -0.3 is 4.74 Å². The molecule has 2 nitrogen and oxygen atoms in total. The first kappa shape index (κ1) is 13.0. The summed E-state index contributed by atoms with van der Waals surface area (Å²) in [6.45, 7) is 0. The number of benzene rings is 1. The number of alkyl halides is 3. The van der Waals surface area contributed by atoms with Crippen LogP contribution >= 0.6 is 15.9 Å². The summed E-state index contributed by atoms with van der Waals surface area (Å²) in [5.41, 5.74) is -0.683. The maximum absolute atomic E-state index is 12.9. The van der Waals surface area contributed by atoms with Crippen molar-refractivity contribution >= 4 is 21.7 Å². The van der Waals surface area contributed by atoms with Crippen molar-refractivity contribution in [2.24, 2.45) is 0 Å². The predicted octanol–water partition coefficient (Wildman–Crippen LogP) is 3.14. The van der Waals surface area contributed by atoms with Gasteiger partial charge in [0.2, 0.25) is 11.6 Å². The zero-order valence-electron chi connectivity index (χ0n) is 7.86. The third kappa shape index (κ3) is 2.52. The first-order valence-corrected chi connectivity index (χ1v) is 4.71. The summed E-state index contributed by atoms with van der Waals surface area (Å²) in [4.78, 5) is 7.23. The highest BCUT2D eigenvalue weighted by atomic mass is 79.9. The molecule has 0 bridgehead atoms. The Morgan fingerprint density at radius 3 is 2.38 bits per heavy atom. The number of ketones is 1. The van der Waals surface area contributed by atoms with Crippen LogP contribution < -0.4 is 4.74 Å². The summed E-state index contributed by atoms with van der Waals surface area (Å²) < 4.78 is 55.4. The Hall–Kier alpha value is -1.11. The smallest absolute Gasteiger partial charge is 0.363 e. The van der Waals surface area contributed by atoms with Crippen LogP contribution in [0.4, 0.5) is 17.6 Å². The lowest BCUT2D eigenvalue weighted by atomic mass is 10.1. The first-order chi connectivity index (χ1) is 7.27. The molecule has 16 heavy (non-hydrogen) atoms. The standard InChI is InChI=1S/C9H5BrF4O2/c1-16-6-3-4(2-5(11)7(6)12)8(15)9(10,13)14/h2-3H,1H3. The van der Waals surface area contributed by atoms with E-state index in [0.29, 0.717) is 12.1 Å². The van der Waals surface area contributed by atoms with Crippen molar-refractivity contribution in [3.05, 3.63) is 29.3 Å². The topological polar surface area (TPSA) is 26.3 Å². The van der Waals surface area contributed by atoms with Crippen LogP contribution in [0.5, 0.6) is 5.75 Å². The molecule has 0 heterocycles. The summed E-state index contributed by atoms with van der Waals surface area (Å²) in [6, 6.07) is 1.09. The number of halogens is 5. The molecule has 1 aromatic rings. The maximum atomic E-state index is 12.9. The third-order valence-corrected chi connectivity index (χ3v) is 2.09. The van der Waals surface area contributed by atoms with Gasteiger partial charge in [-0.2, -0.15) is 13.2 Å². The van der Waals surface area contributed by atoms with Crippen LogP contribution in [0.3, 0.4) is 0 Å². The van der Waals surface area contributed by atoms with Gasteiger partial charge in [-0.1, -0.05) is 0 Å². The normalized spacial score (nSPS) is 11.4. The van der Waals surface area contributed by atoms with E-state index in [1.54, 1.807) is 0 Å². The summed E-state index contributed by atoms with van der Waals surface area (Å²) in [5.74, 6) is -5.05. The lowest BCUT2D eigenvalue weighted by molar-refractivity contribution is 0.0591. The van der Waals surface area contributed by atoms with Crippen LogP contribution in [0, 0.1) is 11.6 Å². The van der Waals surface area contributed by atoms with Crippen molar-refractivity contribution in [2.75, 3.05) is 7.11 Å². The van der Waals surface area contributed by atoms with Gasteiger partial charge in [-0.3, -0.25) is 4.79 Å². The second-order valence-corrected chi connectivity index (χ2v) is 3.80. The number of carbonyl (C=O) groups excluding carboxylic acids is 1. The van der Waals surface area contributed by atoms with E-state index in [1.807, 2.05) is 15.9 Å². The van der Waals surface area contributed by atoms with E-state index in [0.717, 1.165) is 7.11 Å². The second kappa shape index (κ2) is 4.40. The number of rotatable bonds is 3. The van der Waals surface area contributed by atoms with Crippen molar-refractivity contribution in [1.82, 2.24) is 0 Å². The van der Waals surface area contributed by atoms with Crippen molar-refractivity contribution in [3.8, 4) is 5.75 Å². The summed E-state index contributed by atoms with van der Waals surface area (Å²) in [7, 11) is 1.03. The maximum Gasteiger partial charge on any atom is 0.363 e. The molecule has 0 spiro atoms. The fourth-order valence-electron chi connectivity index (χ4n) is 1.01. The van der Waals surface area contributed by atoms with Crippen molar-refractivity contribution < 1.29 is 27.1 Å². The minimum absolute atomic E-state index is 0.384. The van der Waals surface area contributed by atoms with E-state index in [4.69, 9.17) is 0 Å². The largest absolute Gasteiger partial charge is 0.494 e. The van der Waals surface area contributed by atoms with Gasteiger partial charge in [0.1, 0.15) is 0 Å². The van der Waals surface area contributed by atoms with Crippen molar-refractivity contribution in [2.45, 2.75) is 4.83 Å². The monoisotopic (exact) mass is 300 g/mol. The Morgan fingerprint density at radius 1 is 1.38 bits per heavy atom. The molecule has 0 radical (unpaired) electrons.